The van der Waals surface area contributed by atoms with Gasteiger partial charge in [0.15, 0.2) is 0 Å². The molecule has 1 unspecified atom stereocenters. The molecule has 0 radical (unpaired) electrons. The van der Waals surface area contributed by atoms with Gasteiger partial charge in [0.2, 0.25) is 9.84 Å². The van der Waals surface area contributed by atoms with Gasteiger partial charge in [-0.2, -0.15) is 13.2 Å². The molecule has 1 heterocycles. The Morgan fingerprint density at radius 2 is 1.89 bits per heavy atom. The first-order valence-corrected chi connectivity index (χ1v) is 7.02. The third-order valence-electron chi connectivity index (χ3n) is 3.12. The van der Waals surface area contributed by atoms with E-state index in [0.29, 0.717) is 0 Å². The smallest absolute Gasteiger partial charge is 0.313 e. The largest absolute Gasteiger partial charge is 0.417 e. The summed E-state index contributed by atoms with van der Waals surface area (Å²) in [4.78, 5) is -0.318. The molecule has 1 aromatic rings. The summed E-state index contributed by atoms with van der Waals surface area (Å²) in [7, 11) is -2.29. The van der Waals surface area contributed by atoms with Gasteiger partial charge in [-0.25, -0.2) is 8.42 Å². The van der Waals surface area contributed by atoms with E-state index < -0.39 is 27.6 Å². The van der Waals surface area contributed by atoms with E-state index in [-0.39, 0.29) is 15.4 Å². The molecular weight excluding hydrogens is 279 g/mol. The van der Waals surface area contributed by atoms with Crippen LogP contribution in [0.3, 0.4) is 0 Å². The molecule has 1 atom stereocenters. The van der Waals surface area contributed by atoms with Gasteiger partial charge in [0.25, 0.3) is 0 Å². The molecular formula is C12H12F3NO2S. The number of rotatable bonds is 2. The third-order valence-corrected chi connectivity index (χ3v) is 5.14. The predicted octanol–water partition coefficient (Wildman–Crippen LogP) is 2.44. The molecule has 0 saturated carbocycles. The first-order valence-electron chi connectivity index (χ1n) is 5.53. The van der Waals surface area contributed by atoms with Crippen LogP contribution in [0.2, 0.25) is 0 Å². The number of benzene rings is 1. The molecule has 0 spiro atoms. The molecule has 0 amide bonds. The van der Waals surface area contributed by atoms with Gasteiger partial charge in [0.05, 0.1) is 15.4 Å². The first kappa shape index (κ1) is 14.1. The van der Waals surface area contributed by atoms with Crippen molar-refractivity contribution in [1.29, 1.82) is 0 Å². The van der Waals surface area contributed by atoms with Crippen LogP contribution in [0, 0.1) is 0 Å². The third kappa shape index (κ3) is 2.17. The lowest BCUT2D eigenvalue weighted by Gasteiger charge is -2.11. The highest BCUT2D eigenvalue weighted by Gasteiger charge is 2.40. The molecule has 1 N–H and O–H groups in total. The van der Waals surface area contributed by atoms with Crippen LogP contribution < -0.4 is 5.32 Å². The van der Waals surface area contributed by atoms with E-state index in [2.05, 4.69) is 5.32 Å². The molecule has 0 saturated heterocycles. The van der Waals surface area contributed by atoms with E-state index in [4.69, 9.17) is 0 Å². The SMILES string of the molecule is CNC(C)C1=Cc2c(C(F)(F)F)cccc2S1(=O)=O. The van der Waals surface area contributed by atoms with Gasteiger partial charge in [-0.15, -0.1) is 0 Å². The molecule has 0 bridgehead atoms. The number of likely N-dealkylation sites (N-methyl/N-ethyl adjacent to an activating group) is 1. The molecule has 0 fully saturated rings. The van der Waals surface area contributed by atoms with Crippen molar-refractivity contribution in [2.24, 2.45) is 0 Å². The van der Waals surface area contributed by atoms with Crippen molar-refractivity contribution in [2.45, 2.75) is 24.0 Å². The lowest BCUT2D eigenvalue weighted by atomic mass is 10.1. The van der Waals surface area contributed by atoms with Gasteiger partial charge in [-0.05, 0) is 32.2 Å². The summed E-state index contributed by atoms with van der Waals surface area (Å²) < 4.78 is 63.0. The van der Waals surface area contributed by atoms with Crippen molar-refractivity contribution < 1.29 is 21.6 Å². The lowest BCUT2D eigenvalue weighted by Crippen LogP contribution is -2.26. The molecule has 0 aromatic heterocycles. The van der Waals surface area contributed by atoms with Gasteiger partial charge in [-0.3, -0.25) is 0 Å². The summed E-state index contributed by atoms with van der Waals surface area (Å²) >= 11 is 0. The van der Waals surface area contributed by atoms with Gasteiger partial charge < -0.3 is 5.32 Å². The minimum absolute atomic E-state index is 0.0401. The van der Waals surface area contributed by atoms with Crippen molar-refractivity contribution >= 4 is 15.9 Å². The fourth-order valence-electron chi connectivity index (χ4n) is 2.02. The molecule has 3 nitrogen and oxygen atoms in total. The van der Waals surface area contributed by atoms with Crippen LogP contribution in [0.4, 0.5) is 13.2 Å². The summed E-state index contributed by atoms with van der Waals surface area (Å²) in [5.74, 6) is 0. The van der Waals surface area contributed by atoms with Gasteiger partial charge in [-0.1, -0.05) is 6.07 Å². The number of hydrogen-bond acceptors (Lipinski definition) is 3. The van der Waals surface area contributed by atoms with Gasteiger partial charge in [0, 0.05) is 11.6 Å². The van der Waals surface area contributed by atoms with Crippen molar-refractivity contribution in [2.75, 3.05) is 7.05 Å². The second-order valence-corrected chi connectivity index (χ2v) is 6.19. The molecule has 19 heavy (non-hydrogen) atoms. The Bertz CT molecular complexity index is 647. The molecule has 1 aromatic carbocycles. The zero-order valence-electron chi connectivity index (χ0n) is 10.2. The summed E-state index contributed by atoms with van der Waals surface area (Å²) in [5.41, 5.74) is -1.20. The molecule has 0 aliphatic carbocycles. The second kappa shape index (κ2) is 4.35. The molecule has 7 heteroatoms. The first-order chi connectivity index (χ1) is 8.69. The second-order valence-electron chi connectivity index (χ2n) is 4.28. The maximum absolute atomic E-state index is 12.9. The van der Waals surface area contributed by atoms with Crippen LogP contribution in [-0.4, -0.2) is 21.5 Å². The number of alkyl halides is 3. The number of nitrogens with one attached hydrogen (secondary N) is 1. The maximum atomic E-state index is 12.9. The van der Waals surface area contributed by atoms with E-state index in [1.54, 1.807) is 14.0 Å². The zero-order chi connectivity index (χ0) is 14.4. The number of fused-ring (bicyclic) bond motifs is 1. The Balaban J connectivity index is 2.71. The van der Waals surface area contributed by atoms with Crippen molar-refractivity contribution in [1.82, 2.24) is 5.32 Å². The highest BCUT2D eigenvalue weighted by atomic mass is 32.2. The summed E-state index contributed by atoms with van der Waals surface area (Å²) in [6, 6.07) is 2.65. The summed E-state index contributed by atoms with van der Waals surface area (Å²) in [6.45, 7) is 1.59. The quantitative estimate of drug-likeness (QED) is 0.910. The zero-order valence-corrected chi connectivity index (χ0v) is 11.1. The standard InChI is InChI=1S/C12H12F3NO2S/c1-7(16-2)11-6-8-9(12(13,14)15)4-3-5-10(8)19(11,17)18/h3-7,16H,1-2H3. The van der Waals surface area contributed by atoms with Crippen molar-refractivity contribution in [3.63, 3.8) is 0 Å². The maximum Gasteiger partial charge on any atom is 0.417 e. The topological polar surface area (TPSA) is 46.2 Å². The summed E-state index contributed by atoms with van der Waals surface area (Å²) in [5, 5.41) is 2.73. The Morgan fingerprint density at radius 1 is 1.26 bits per heavy atom. The fraction of sp³-hybridized carbons (Fsp3) is 0.333. The number of halogens is 3. The Morgan fingerprint density at radius 3 is 2.42 bits per heavy atom. The average Bonchev–Trinajstić information content (AvgIpc) is 2.59. The molecule has 104 valence electrons. The van der Waals surface area contributed by atoms with Gasteiger partial charge in [0.1, 0.15) is 0 Å². The Kier molecular flexibility index (Phi) is 3.22. The number of hydrogen-bond donors (Lipinski definition) is 1. The van der Waals surface area contributed by atoms with E-state index in [0.717, 1.165) is 18.2 Å². The van der Waals surface area contributed by atoms with Crippen LogP contribution in [-0.2, 0) is 16.0 Å². The average molecular weight is 291 g/mol. The van der Waals surface area contributed by atoms with E-state index >= 15 is 0 Å². The minimum atomic E-state index is -4.57. The van der Waals surface area contributed by atoms with E-state index in [1.165, 1.54) is 6.07 Å². The molecule has 1 aliphatic rings. The Hall–Kier alpha value is -1.34. The highest BCUT2D eigenvalue weighted by molar-refractivity contribution is 7.96. The van der Waals surface area contributed by atoms with Crippen LogP contribution in [0.1, 0.15) is 18.1 Å². The number of sulfone groups is 1. The highest BCUT2D eigenvalue weighted by Crippen LogP contribution is 2.41. The van der Waals surface area contributed by atoms with E-state index in [9.17, 15) is 21.6 Å². The molecule has 2 rings (SSSR count). The van der Waals surface area contributed by atoms with Crippen LogP contribution >= 0.6 is 0 Å². The molecule has 1 aliphatic heterocycles. The summed E-state index contributed by atoms with van der Waals surface area (Å²) in [6.07, 6.45) is -3.47. The van der Waals surface area contributed by atoms with Gasteiger partial charge >= 0.3 is 6.18 Å². The normalized spacial score (nSPS) is 18.9. The minimum Gasteiger partial charge on any atom is -0.313 e. The monoisotopic (exact) mass is 291 g/mol. The van der Waals surface area contributed by atoms with Crippen molar-refractivity contribution in [3.05, 3.63) is 34.2 Å². The van der Waals surface area contributed by atoms with Crippen LogP contribution in [0.25, 0.3) is 6.08 Å². The predicted molar refractivity (Wildman–Crippen MR) is 65.1 cm³/mol. The van der Waals surface area contributed by atoms with Crippen LogP contribution in [0.5, 0.6) is 0 Å². The van der Waals surface area contributed by atoms with Crippen molar-refractivity contribution in [3.8, 4) is 0 Å². The lowest BCUT2D eigenvalue weighted by molar-refractivity contribution is -0.137. The van der Waals surface area contributed by atoms with Crippen LogP contribution in [0.15, 0.2) is 28.0 Å². The fourth-order valence-corrected chi connectivity index (χ4v) is 3.85. The Labute approximate surface area is 109 Å². The van der Waals surface area contributed by atoms with E-state index in [1.807, 2.05) is 0 Å².